The van der Waals surface area contributed by atoms with E-state index in [1.165, 1.54) is 4.90 Å². The summed E-state index contributed by atoms with van der Waals surface area (Å²) in [4.78, 5) is 29.0. The summed E-state index contributed by atoms with van der Waals surface area (Å²) in [6.07, 6.45) is 4.21. The number of amides is 2. The van der Waals surface area contributed by atoms with Crippen molar-refractivity contribution in [2.45, 2.75) is 18.8 Å². The lowest BCUT2D eigenvalue weighted by Gasteiger charge is -2.32. The molecule has 2 aliphatic rings. The van der Waals surface area contributed by atoms with E-state index in [1.807, 2.05) is 67.6 Å². The van der Waals surface area contributed by atoms with Crippen LogP contribution in [-0.4, -0.2) is 11.8 Å². The Balaban J connectivity index is 1.65. The number of benzene rings is 3. The van der Waals surface area contributed by atoms with Gasteiger partial charge in [-0.1, -0.05) is 90.5 Å². The third kappa shape index (κ3) is 3.21. The molecule has 3 aromatic rings. The molecule has 1 fully saturated rings. The summed E-state index contributed by atoms with van der Waals surface area (Å²) in [7, 11) is 0. The lowest BCUT2D eigenvalue weighted by Crippen LogP contribution is -2.32. The fraction of sp³-hybridized carbons (Fsp3) is 0.185. The van der Waals surface area contributed by atoms with E-state index in [-0.39, 0.29) is 23.7 Å². The van der Waals surface area contributed by atoms with E-state index in [2.05, 4.69) is 12.2 Å². The molecule has 0 radical (unpaired) electrons. The molecule has 0 unspecified atom stereocenters. The van der Waals surface area contributed by atoms with Crippen LogP contribution in [0.1, 0.15) is 28.5 Å². The third-order valence-corrected chi connectivity index (χ3v) is 6.96. The van der Waals surface area contributed by atoms with Gasteiger partial charge in [0.1, 0.15) is 0 Å². The maximum atomic E-state index is 13.8. The molecule has 2 amide bonds. The normalized spacial score (nSPS) is 25.0. The maximum Gasteiger partial charge on any atom is 0.238 e. The largest absolute Gasteiger partial charge is 0.274 e. The molecule has 1 heterocycles. The van der Waals surface area contributed by atoms with E-state index in [0.717, 1.165) is 16.7 Å². The number of hydrogen-bond acceptors (Lipinski definition) is 2. The van der Waals surface area contributed by atoms with Crippen molar-refractivity contribution in [1.29, 1.82) is 0 Å². The first kappa shape index (κ1) is 19.8. The Labute approximate surface area is 187 Å². The number of carbonyl (C=O) groups is 2. The van der Waals surface area contributed by atoms with Crippen LogP contribution in [0.25, 0.3) is 0 Å². The number of imide groups is 1. The Bertz CT molecular complexity index is 1100. The van der Waals surface area contributed by atoms with Crippen LogP contribution < -0.4 is 4.90 Å². The Morgan fingerprint density at radius 2 is 1.16 bits per heavy atom. The van der Waals surface area contributed by atoms with Gasteiger partial charge in [-0.3, -0.25) is 9.59 Å². The van der Waals surface area contributed by atoms with Crippen LogP contribution >= 0.6 is 11.6 Å². The summed E-state index contributed by atoms with van der Waals surface area (Å²) in [6, 6.07) is 25.3. The fourth-order valence-corrected chi connectivity index (χ4v) is 5.18. The van der Waals surface area contributed by atoms with Gasteiger partial charge in [-0.15, -0.1) is 0 Å². The van der Waals surface area contributed by atoms with Crippen molar-refractivity contribution in [2.24, 2.45) is 11.8 Å². The lowest BCUT2D eigenvalue weighted by molar-refractivity contribution is -0.122. The van der Waals surface area contributed by atoms with Gasteiger partial charge in [0.2, 0.25) is 11.8 Å². The first-order valence-corrected chi connectivity index (χ1v) is 10.9. The quantitative estimate of drug-likeness (QED) is 0.386. The van der Waals surface area contributed by atoms with Crippen molar-refractivity contribution >= 4 is 29.1 Å². The summed E-state index contributed by atoms with van der Waals surface area (Å²) < 4.78 is 0. The molecule has 4 atom stereocenters. The van der Waals surface area contributed by atoms with Crippen molar-refractivity contribution < 1.29 is 9.59 Å². The van der Waals surface area contributed by atoms with Gasteiger partial charge in [-0.05, 0) is 35.7 Å². The van der Waals surface area contributed by atoms with Crippen LogP contribution in [0.2, 0.25) is 5.02 Å². The first-order chi connectivity index (χ1) is 15.1. The average Bonchev–Trinajstić information content (AvgIpc) is 3.07. The van der Waals surface area contributed by atoms with Gasteiger partial charge in [0.15, 0.2) is 0 Å². The average molecular weight is 428 g/mol. The smallest absolute Gasteiger partial charge is 0.238 e. The molecule has 31 heavy (non-hydrogen) atoms. The molecule has 154 valence electrons. The number of anilines is 1. The number of fused-ring (bicyclic) bond motifs is 1. The number of allylic oxidation sites excluding steroid dienone is 2. The molecule has 0 N–H and O–H groups in total. The van der Waals surface area contributed by atoms with E-state index in [0.29, 0.717) is 10.7 Å². The maximum absolute atomic E-state index is 13.8. The second kappa shape index (κ2) is 7.82. The Kier molecular flexibility index (Phi) is 4.99. The minimum atomic E-state index is -0.455. The Morgan fingerprint density at radius 1 is 0.677 bits per heavy atom. The van der Waals surface area contributed by atoms with Crippen molar-refractivity contribution in [1.82, 2.24) is 0 Å². The van der Waals surface area contributed by atoms with Crippen LogP contribution in [0.4, 0.5) is 5.69 Å². The minimum absolute atomic E-state index is 0.146. The van der Waals surface area contributed by atoms with E-state index in [4.69, 9.17) is 11.6 Å². The minimum Gasteiger partial charge on any atom is -0.274 e. The number of halogens is 1. The Hall–Kier alpha value is -3.17. The van der Waals surface area contributed by atoms with Gasteiger partial charge in [-0.2, -0.15) is 0 Å². The van der Waals surface area contributed by atoms with Gasteiger partial charge in [0, 0.05) is 16.9 Å². The first-order valence-electron chi connectivity index (χ1n) is 10.5. The van der Waals surface area contributed by atoms with Crippen LogP contribution in [0.3, 0.4) is 0 Å². The zero-order chi connectivity index (χ0) is 21.5. The molecule has 0 spiro atoms. The molecule has 5 rings (SSSR count). The van der Waals surface area contributed by atoms with Crippen molar-refractivity contribution in [3.05, 3.63) is 113 Å². The molecule has 0 aromatic heterocycles. The molecule has 4 heteroatoms. The molecule has 3 aromatic carbocycles. The van der Waals surface area contributed by atoms with E-state index < -0.39 is 11.8 Å². The van der Waals surface area contributed by atoms with Gasteiger partial charge in [0.05, 0.1) is 17.5 Å². The summed E-state index contributed by atoms with van der Waals surface area (Å²) >= 11 is 6.33. The van der Waals surface area contributed by atoms with Gasteiger partial charge in [-0.25, -0.2) is 4.90 Å². The summed E-state index contributed by atoms with van der Waals surface area (Å²) in [6.45, 7) is 1.85. The third-order valence-electron chi connectivity index (χ3n) is 6.55. The zero-order valence-corrected chi connectivity index (χ0v) is 17.9. The summed E-state index contributed by atoms with van der Waals surface area (Å²) in [5.41, 5.74) is 3.41. The predicted octanol–water partition coefficient (Wildman–Crippen LogP) is 5.89. The molecule has 0 bridgehead atoms. The van der Waals surface area contributed by atoms with Crippen molar-refractivity contribution in [2.75, 3.05) is 4.90 Å². The Morgan fingerprint density at radius 3 is 1.65 bits per heavy atom. The highest BCUT2D eigenvalue weighted by atomic mass is 35.5. The predicted molar refractivity (Wildman–Crippen MR) is 123 cm³/mol. The van der Waals surface area contributed by atoms with Crippen molar-refractivity contribution in [3.63, 3.8) is 0 Å². The highest BCUT2D eigenvalue weighted by Crippen LogP contribution is 2.50. The molecule has 1 aliphatic carbocycles. The van der Waals surface area contributed by atoms with Gasteiger partial charge >= 0.3 is 0 Å². The molecule has 1 saturated heterocycles. The number of hydrogen-bond donors (Lipinski definition) is 0. The SMILES string of the molecule is Cc1c(Cl)cccc1N1C(=O)[C@@H]2[C@@H](C1=O)[C@@H](c1ccccc1)C=C[C@@H]2c1ccccc1. The van der Waals surface area contributed by atoms with Crippen molar-refractivity contribution in [3.8, 4) is 0 Å². The fourth-order valence-electron chi connectivity index (χ4n) is 5.01. The summed E-state index contributed by atoms with van der Waals surface area (Å²) in [5, 5.41) is 0.547. The van der Waals surface area contributed by atoms with Gasteiger partial charge < -0.3 is 0 Å². The highest BCUT2D eigenvalue weighted by molar-refractivity contribution is 6.32. The van der Waals surface area contributed by atoms with E-state index in [1.54, 1.807) is 18.2 Å². The van der Waals surface area contributed by atoms with E-state index in [9.17, 15) is 9.59 Å². The molecule has 0 saturated carbocycles. The lowest BCUT2D eigenvalue weighted by atomic mass is 9.68. The zero-order valence-electron chi connectivity index (χ0n) is 17.1. The van der Waals surface area contributed by atoms with Crippen LogP contribution in [0.5, 0.6) is 0 Å². The standard InChI is InChI=1S/C27H22ClNO2/c1-17-22(28)13-8-14-23(17)29-26(30)24-20(18-9-4-2-5-10-18)15-16-21(25(24)27(29)31)19-11-6-3-7-12-19/h2-16,20-21,24-25H,1H3/t20-,21-,24+,25+/m1/s1. The van der Waals surface area contributed by atoms with Gasteiger partial charge in [0.25, 0.3) is 0 Å². The number of rotatable bonds is 3. The monoisotopic (exact) mass is 427 g/mol. The molecular weight excluding hydrogens is 406 g/mol. The second-order valence-electron chi connectivity index (χ2n) is 8.21. The molecule has 3 nitrogen and oxygen atoms in total. The number of carbonyl (C=O) groups excluding carboxylic acids is 2. The number of nitrogens with zero attached hydrogens (tertiary/aromatic N) is 1. The highest BCUT2D eigenvalue weighted by Gasteiger charge is 2.55. The summed E-state index contributed by atoms with van der Waals surface area (Å²) in [5.74, 6) is -1.51. The second-order valence-corrected chi connectivity index (χ2v) is 8.61. The molecule has 1 aliphatic heterocycles. The van der Waals surface area contributed by atoms with Crippen LogP contribution in [-0.2, 0) is 9.59 Å². The topological polar surface area (TPSA) is 37.4 Å². The van der Waals surface area contributed by atoms with Crippen LogP contribution in [0, 0.1) is 18.8 Å². The van der Waals surface area contributed by atoms with Crippen LogP contribution in [0.15, 0.2) is 91.0 Å². The molecular formula is C27H22ClNO2. The van der Waals surface area contributed by atoms with E-state index >= 15 is 0 Å².